The molecule has 4 aromatic rings. The number of carboxylic acids is 1. The number of urea groups is 1. The topological polar surface area (TPSA) is 116 Å². The quantitative estimate of drug-likeness (QED) is 0.327. The number of rotatable bonds is 6. The second-order valence-corrected chi connectivity index (χ2v) is 7.46. The Morgan fingerprint density at radius 1 is 1.00 bits per heavy atom. The van der Waals surface area contributed by atoms with E-state index in [0.717, 1.165) is 33.3 Å². The fourth-order valence-corrected chi connectivity index (χ4v) is 3.59. The third-order valence-electron chi connectivity index (χ3n) is 5.08. The minimum absolute atomic E-state index is 0.194. The fraction of sp³-hybridized carbons (Fsp3) is 0.120. The van der Waals surface area contributed by atoms with Crippen LogP contribution < -0.4 is 16.0 Å². The number of aromatic carboxylic acids is 1. The lowest BCUT2D eigenvalue weighted by Crippen LogP contribution is -2.28. The number of hydrogen-bond acceptors (Lipinski definition) is 5. The van der Waals surface area contributed by atoms with Crippen molar-refractivity contribution in [1.82, 2.24) is 15.3 Å². The summed E-state index contributed by atoms with van der Waals surface area (Å²) in [6, 6.07) is 16.0. The van der Waals surface area contributed by atoms with E-state index in [2.05, 4.69) is 25.9 Å². The highest BCUT2D eigenvalue weighted by molar-refractivity contribution is 6.05. The molecule has 0 saturated carbocycles. The molecule has 0 bridgehead atoms. The van der Waals surface area contributed by atoms with Crippen LogP contribution in [0.2, 0.25) is 0 Å². The summed E-state index contributed by atoms with van der Waals surface area (Å²) in [5.41, 5.74) is 4.44. The summed E-state index contributed by atoms with van der Waals surface area (Å²) in [5.74, 6) is -0.569. The number of benzene rings is 2. The van der Waals surface area contributed by atoms with Gasteiger partial charge in [-0.05, 0) is 72.8 Å². The fourth-order valence-electron chi connectivity index (χ4n) is 3.59. The molecule has 2 amide bonds. The average molecular weight is 441 g/mol. The van der Waals surface area contributed by atoms with Gasteiger partial charge in [-0.1, -0.05) is 12.1 Å². The number of aromatic nitrogens is 2. The Morgan fingerprint density at radius 2 is 1.85 bits per heavy atom. The molecule has 8 nitrogen and oxygen atoms in total. The van der Waals surface area contributed by atoms with Crippen molar-refractivity contribution in [1.29, 1.82) is 0 Å². The molecule has 2 heterocycles. The molecule has 0 radical (unpaired) electrons. The molecule has 0 aliphatic heterocycles. The number of carbonyl (C=O) groups excluding carboxylic acids is 1. The summed E-state index contributed by atoms with van der Waals surface area (Å²) in [6.07, 6.45) is 3.45. The molecule has 8 heteroatoms. The van der Waals surface area contributed by atoms with Crippen LogP contribution in [0, 0.1) is 6.92 Å². The minimum Gasteiger partial charge on any atom is -0.478 e. The first kappa shape index (κ1) is 21.8. The number of fused-ring (bicyclic) bond motifs is 1. The molecule has 33 heavy (non-hydrogen) atoms. The maximum absolute atomic E-state index is 12.0. The van der Waals surface area contributed by atoms with E-state index in [9.17, 15) is 14.7 Å². The van der Waals surface area contributed by atoms with E-state index in [1.807, 2.05) is 44.2 Å². The van der Waals surface area contributed by atoms with Gasteiger partial charge in [0.2, 0.25) is 0 Å². The van der Waals surface area contributed by atoms with Crippen molar-refractivity contribution in [2.75, 3.05) is 17.2 Å². The van der Waals surface area contributed by atoms with Crippen molar-refractivity contribution in [3.05, 3.63) is 78.2 Å². The number of nitrogens with zero attached hydrogens (tertiary/aromatic N) is 2. The molecular formula is C25H23N5O3. The number of pyridine rings is 2. The zero-order chi connectivity index (χ0) is 23.4. The number of hydrogen-bond donors (Lipinski definition) is 4. The van der Waals surface area contributed by atoms with Gasteiger partial charge in [-0.25, -0.2) is 14.6 Å². The molecule has 0 fully saturated rings. The van der Waals surface area contributed by atoms with Gasteiger partial charge in [-0.2, -0.15) is 0 Å². The molecule has 0 aliphatic carbocycles. The van der Waals surface area contributed by atoms with E-state index in [1.165, 1.54) is 0 Å². The highest BCUT2D eigenvalue weighted by atomic mass is 16.4. The number of aryl methyl sites for hydroxylation is 1. The Balaban J connectivity index is 1.82. The number of carboxylic acid groups (broad SMARTS) is 1. The normalized spacial score (nSPS) is 10.6. The first-order chi connectivity index (χ1) is 15.9. The average Bonchev–Trinajstić information content (AvgIpc) is 2.79. The number of nitrogens with one attached hydrogen (secondary N) is 3. The monoisotopic (exact) mass is 441 g/mol. The Morgan fingerprint density at radius 3 is 2.61 bits per heavy atom. The van der Waals surface area contributed by atoms with Crippen molar-refractivity contribution in [2.24, 2.45) is 0 Å². The smallest absolute Gasteiger partial charge is 0.335 e. The minimum atomic E-state index is -0.991. The van der Waals surface area contributed by atoms with Crippen molar-refractivity contribution >= 4 is 40.0 Å². The van der Waals surface area contributed by atoms with Gasteiger partial charge in [-0.15, -0.1) is 0 Å². The van der Waals surface area contributed by atoms with E-state index in [-0.39, 0.29) is 11.6 Å². The second kappa shape index (κ2) is 9.35. The van der Waals surface area contributed by atoms with Gasteiger partial charge < -0.3 is 15.7 Å². The summed E-state index contributed by atoms with van der Waals surface area (Å²) in [6.45, 7) is 4.28. The van der Waals surface area contributed by atoms with Crippen LogP contribution in [0.1, 0.15) is 23.0 Å². The summed E-state index contributed by atoms with van der Waals surface area (Å²) in [4.78, 5) is 32.0. The molecule has 2 aromatic carbocycles. The lowest BCUT2D eigenvalue weighted by atomic mass is 9.98. The summed E-state index contributed by atoms with van der Waals surface area (Å²) < 4.78 is 0. The summed E-state index contributed by atoms with van der Waals surface area (Å²) >= 11 is 0. The van der Waals surface area contributed by atoms with Gasteiger partial charge in [0.1, 0.15) is 5.82 Å². The van der Waals surface area contributed by atoms with Crippen LogP contribution in [0.3, 0.4) is 0 Å². The largest absolute Gasteiger partial charge is 0.478 e. The van der Waals surface area contributed by atoms with Crippen molar-refractivity contribution < 1.29 is 14.7 Å². The summed E-state index contributed by atoms with van der Waals surface area (Å²) in [5, 5.41) is 19.7. The lowest BCUT2D eigenvalue weighted by molar-refractivity contribution is 0.0697. The van der Waals surface area contributed by atoms with E-state index >= 15 is 0 Å². The molecule has 4 rings (SSSR count). The molecule has 166 valence electrons. The molecule has 0 spiro atoms. The summed E-state index contributed by atoms with van der Waals surface area (Å²) in [7, 11) is 0. The Kier molecular flexibility index (Phi) is 6.17. The molecule has 4 N–H and O–H groups in total. The highest BCUT2D eigenvalue weighted by Crippen LogP contribution is 2.35. The molecule has 2 aromatic heterocycles. The maximum atomic E-state index is 12.0. The van der Waals surface area contributed by atoms with E-state index in [1.54, 1.807) is 36.7 Å². The van der Waals surface area contributed by atoms with Gasteiger partial charge >= 0.3 is 12.0 Å². The van der Waals surface area contributed by atoms with Gasteiger partial charge in [0.15, 0.2) is 0 Å². The van der Waals surface area contributed by atoms with Crippen LogP contribution in [-0.4, -0.2) is 33.6 Å². The molecule has 0 atom stereocenters. The third kappa shape index (κ3) is 4.90. The number of amides is 2. The second-order valence-electron chi connectivity index (χ2n) is 7.46. The zero-order valence-electron chi connectivity index (χ0n) is 18.2. The molecule has 0 unspecified atom stereocenters. The van der Waals surface area contributed by atoms with Crippen molar-refractivity contribution in [3.8, 4) is 11.1 Å². The lowest BCUT2D eigenvalue weighted by Gasteiger charge is -2.15. The molecule has 0 saturated heterocycles. The zero-order valence-corrected chi connectivity index (χ0v) is 18.2. The standard InChI is InChI=1S/C25H23N5O3/c1-3-26-25(33)30-23-13-20-19(16-9-10-27-15(2)11-16)7-8-22(21(20)14-28-23)29-18-6-4-5-17(12-18)24(31)32/h4-14,29H,3H2,1-2H3,(H,31,32)(H2,26,28,30,33). The predicted octanol–water partition coefficient (Wildman–Crippen LogP) is 5.19. The SMILES string of the molecule is CCNC(=O)Nc1cc2c(-c3ccnc(C)c3)ccc(Nc3cccc(C(=O)O)c3)c2cn1. The van der Waals surface area contributed by atoms with E-state index < -0.39 is 5.97 Å². The van der Waals surface area contributed by atoms with Crippen LogP contribution in [0.15, 0.2) is 67.0 Å². The molecular weight excluding hydrogens is 418 g/mol. The Bertz CT molecular complexity index is 1350. The maximum Gasteiger partial charge on any atom is 0.335 e. The van der Waals surface area contributed by atoms with E-state index in [4.69, 9.17) is 0 Å². The van der Waals surface area contributed by atoms with E-state index in [0.29, 0.717) is 18.1 Å². The van der Waals surface area contributed by atoms with Gasteiger partial charge in [0.25, 0.3) is 0 Å². The third-order valence-corrected chi connectivity index (χ3v) is 5.08. The first-order valence-corrected chi connectivity index (χ1v) is 10.5. The van der Waals surface area contributed by atoms with Gasteiger partial charge in [0.05, 0.1) is 5.56 Å². The molecule has 0 aliphatic rings. The first-order valence-electron chi connectivity index (χ1n) is 10.5. The van der Waals surface area contributed by atoms with Crippen LogP contribution in [-0.2, 0) is 0 Å². The number of carbonyl (C=O) groups is 2. The van der Waals surface area contributed by atoms with Crippen molar-refractivity contribution in [3.63, 3.8) is 0 Å². The van der Waals surface area contributed by atoms with Crippen LogP contribution in [0.5, 0.6) is 0 Å². The van der Waals surface area contributed by atoms with Crippen LogP contribution >= 0.6 is 0 Å². The van der Waals surface area contributed by atoms with Gasteiger partial charge in [0, 0.05) is 41.4 Å². The highest BCUT2D eigenvalue weighted by Gasteiger charge is 2.12. The predicted molar refractivity (Wildman–Crippen MR) is 129 cm³/mol. The Hall–Kier alpha value is -4.46. The van der Waals surface area contributed by atoms with Crippen LogP contribution in [0.25, 0.3) is 21.9 Å². The Labute approximate surface area is 190 Å². The van der Waals surface area contributed by atoms with Crippen molar-refractivity contribution in [2.45, 2.75) is 13.8 Å². The van der Waals surface area contributed by atoms with Gasteiger partial charge in [-0.3, -0.25) is 10.3 Å². The number of anilines is 3. The van der Waals surface area contributed by atoms with Crippen LogP contribution in [0.4, 0.5) is 22.0 Å².